The summed E-state index contributed by atoms with van der Waals surface area (Å²) in [7, 11) is 0. The van der Waals surface area contributed by atoms with Crippen molar-refractivity contribution in [3.05, 3.63) is 33.9 Å². The van der Waals surface area contributed by atoms with Gasteiger partial charge in [0.1, 0.15) is 5.69 Å². The topological polar surface area (TPSA) is 75.4 Å². The third-order valence-electron chi connectivity index (χ3n) is 3.32. The van der Waals surface area contributed by atoms with Crippen molar-refractivity contribution in [2.75, 3.05) is 11.9 Å². The van der Waals surface area contributed by atoms with E-state index in [1.54, 1.807) is 0 Å². The summed E-state index contributed by atoms with van der Waals surface area (Å²) < 4.78 is 27.2. The van der Waals surface area contributed by atoms with E-state index in [0.717, 1.165) is 12.8 Å². The number of rotatable bonds is 7. The highest BCUT2D eigenvalue weighted by Crippen LogP contribution is 2.25. The number of non-ortho nitro benzene ring substituents is 1. The first kappa shape index (κ1) is 16.3. The molecule has 0 fully saturated rings. The lowest BCUT2D eigenvalue weighted by Gasteiger charge is -2.21. The van der Waals surface area contributed by atoms with Gasteiger partial charge in [-0.2, -0.15) is 0 Å². The van der Waals surface area contributed by atoms with Crippen LogP contribution in [0, 0.1) is 27.7 Å². The van der Waals surface area contributed by atoms with E-state index >= 15 is 0 Å². The molecular formula is C13H18F2N2O3. The molecule has 1 aromatic rings. The highest BCUT2D eigenvalue weighted by molar-refractivity contribution is 5.51. The fraction of sp³-hybridized carbons (Fsp3) is 0.538. The van der Waals surface area contributed by atoms with Crippen LogP contribution in [0.5, 0.6) is 0 Å². The van der Waals surface area contributed by atoms with E-state index in [1.807, 2.05) is 13.8 Å². The van der Waals surface area contributed by atoms with Gasteiger partial charge >= 0.3 is 0 Å². The molecule has 0 aliphatic heterocycles. The largest absolute Gasteiger partial charge is 0.391 e. The van der Waals surface area contributed by atoms with Crippen LogP contribution in [-0.2, 0) is 0 Å². The molecule has 2 N–H and O–H groups in total. The van der Waals surface area contributed by atoms with E-state index in [-0.39, 0.29) is 12.5 Å². The zero-order chi connectivity index (χ0) is 15.3. The Morgan fingerprint density at radius 3 is 2.20 bits per heavy atom. The number of nitro benzene ring substituents is 1. The van der Waals surface area contributed by atoms with Gasteiger partial charge in [-0.25, -0.2) is 8.78 Å². The van der Waals surface area contributed by atoms with Crippen molar-refractivity contribution in [1.29, 1.82) is 0 Å². The molecule has 20 heavy (non-hydrogen) atoms. The minimum absolute atomic E-state index is 0.0159. The van der Waals surface area contributed by atoms with Crippen molar-refractivity contribution < 1.29 is 18.8 Å². The van der Waals surface area contributed by atoms with Crippen LogP contribution in [-0.4, -0.2) is 22.7 Å². The van der Waals surface area contributed by atoms with Gasteiger partial charge in [-0.1, -0.05) is 26.7 Å². The first-order chi connectivity index (χ1) is 9.40. The molecule has 0 saturated heterocycles. The van der Waals surface area contributed by atoms with Crippen LogP contribution in [0.4, 0.5) is 20.2 Å². The third-order valence-corrected chi connectivity index (χ3v) is 3.32. The zero-order valence-electron chi connectivity index (χ0n) is 11.4. The summed E-state index contributed by atoms with van der Waals surface area (Å²) in [5.41, 5.74) is -1.10. The smallest absolute Gasteiger partial charge is 0.275 e. The van der Waals surface area contributed by atoms with Crippen molar-refractivity contribution in [2.45, 2.75) is 32.8 Å². The molecule has 1 atom stereocenters. The molecule has 0 aromatic heterocycles. The summed E-state index contributed by atoms with van der Waals surface area (Å²) in [6.45, 7) is 3.83. The van der Waals surface area contributed by atoms with Crippen LogP contribution in [0.15, 0.2) is 12.1 Å². The molecule has 0 aliphatic rings. The highest BCUT2D eigenvalue weighted by atomic mass is 19.1. The van der Waals surface area contributed by atoms with Gasteiger partial charge in [-0.15, -0.1) is 0 Å². The number of nitrogens with one attached hydrogen (secondary N) is 1. The summed E-state index contributed by atoms with van der Waals surface area (Å²) in [5.74, 6) is -2.06. The molecule has 0 spiro atoms. The average Bonchev–Trinajstić information content (AvgIpc) is 2.38. The minimum atomic E-state index is -1.05. The van der Waals surface area contributed by atoms with Gasteiger partial charge in [0.25, 0.3) is 5.69 Å². The summed E-state index contributed by atoms with van der Waals surface area (Å²) in [6, 6.07) is 1.30. The predicted octanol–water partition coefficient (Wildman–Crippen LogP) is 3.08. The van der Waals surface area contributed by atoms with Crippen molar-refractivity contribution in [3.8, 4) is 0 Å². The van der Waals surface area contributed by atoms with Crippen molar-refractivity contribution in [2.24, 2.45) is 5.92 Å². The van der Waals surface area contributed by atoms with E-state index in [0.29, 0.717) is 12.1 Å². The van der Waals surface area contributed by atoms with E-state index in [4.69, 9.17) is 0 Å². The number of nitro groups is 1. The summed E-state index contributed by atoms with van der Waals surface area (Å²) in [5, 5.41) is 22.8. The lowest BCUT2D eigenvalue weighted by atomic mass is 9.96. The summed E-state index contributed by atoms with van der Waals surface area (Å²) in [6.07, 6.45) is 0.772. The number of nitrogens with zero attached hydrogens (tertiary/aromatic N) is 1. The Labute approximate surface area is 115 Å². The predicted molar refractivity (Wildman–Crippen MR) is 71.6 cm³/mol. The maximum absolute atomic E-state index is 13.6. The second-order valence-corrected chi connectivity index (χ2v) is 4.57. The van der Waals surface area contributed by atoms with Crippen molar-refractivity contribution >= 4 is 11.4 Å². The van der Waals surface area contributed by atoms with E-state index in [2.05, 4.69) is 5.32 Å². The normalized spacial score (nSPS) is 12.5. The molecule has 0 bridgehead atoms. The van der Waals surface area contributed by atoms with E-state index < -0.39 is 34.0 Å². The van der Waals surface area contributed by atoms with Crippen molar-refractivity contribution in [1.82, 2.24) is 0 Å². The number of halogens is 2. The van der Waals surface area contributed by atoms with Crippen LogP contribution < -0.4 is 5.32 Å². The molecule has 7 heteroatoms. The first-order valence-corrected chi connectivity index (χ1v) is 6.46. The average molecular weight is 288 g/mol. The molecule has 0 amide bonds. The Bertz CT molecular complexity index is 456. The third kappa shape index (κ3) is 3.86. The van der Waals surface area contributed by atoms with Crippen LogP contribution in [0.25, 0.3) is 0 Å². The fourth-order valence-corrected chi connectivity index (χ4v) is 2.04. The number of benzene rings is 1. The van der Waals surface area contributed by atoms with E-state index in [9.17, 15) is 24.0 Å². The quantitative estimate of drug-likeness (QED) is 0.597. The molecule has 112 valence electrons. The van der Waals surface area contributed by atoms with Gasteiger partial charge in [-0.3, -0.25) is 10.1 Å². The monoisotopic (exact) mass is 288 g/mol. The molecule has 0 radical (unpaired) electrons. The van der Waals surface area contributed by atoms with Crippen molar-refractivity contribution in [3.63, 3.8) is 0 Å². The number of aliphatic hydroxyl groups excluding tert-OH is 1. The maximum Gasteiger partial charge on any atom is 0.275 e. The minimum Gasteiger partial charge on any atom is -0.391 e. The van der Waals surface area contributed by atoms with Gasteiger partial charge in [0.05, 0.1) is 23.2 Å². The zero-order valence-corrected chi connectivity index (χ0v) is 11.4. The van der Waals surface area contributed by atoms with Gasteiger partial charge < -0.3 is 10.4 Å². The summed E-state index contributed by atoms with van der Waals surface area (Å²) >= 11 is 0. The number of hydrogen-bond donors (Lipinski definition) is 2. The maximum atomic E-state index is 13.6. The highest BCUT2D eigenvalue weighted by Gasteiger charge is 2.19. The summed E-state index contributed by atoms with van der Waals surface area (Å²) in [4.78, 5) is 9.60. The molecule has 0 aliphatic carbocycles. The van der Waals surface area contributed by atoms with Gasteiger partial charge in [0, 0.05) is 6.54 Å². The second kappa shape index (κ2) is 7.14. The molecule has 0 saturated carbocycles. The molecule has 5 nitrogen and oxygen atoms in total. The second-order valence-electron chi connectivity index (χ2n) is 4.57. The van der Waals surface area contributed by atoms with Crippen LogP contribution in [0.1, 0.15) is 26.7 Å². The van der Waals surface area contributed by atoms with Crippen LogP contribution in [0.2, 0.25) is 0 Å². The molecular weight excluding hydrogens is 270 g/mol. The van der Waals surface area contributed by atoms with Gasteiger partial charge in [-0.05, 0) is 5.92 Å². The molecule has 1 unspecified atom stereocenters. The Balaban J connectivity index is 2.81. The lowest BCUT2D eigenvalue weighted by molar-refractivity contribution is -0.385. The van der Waals surface area contributed by atoms with Crippen LogP contribution >= 0.6 is 0 Å². The molecule has 1 rings (SSSR count). The van der Waals surface area contributed by atoms with Crippen LogP contribution in [0.3, 0.4) is 0 Å². The molecule has 1 aromatic carbocycles. The first-order valence-electron chi connectivity index (χ1n) is 6.46. The Hall–Kier alpha value is -1.76. The number of hydrogen-bond acceptors (Lipinski definition) is 4. The number of anilines is 1. The number of aliphatic hydroxyl groups is 1. The van der Waals surface area contributed by atoms with Gasteiger partial charge in [0.15, 0.2) is 11.6 Å². The Kier molecular flexibility index (Phi) is 5.82. The SMILES string of the molecule is CCC(CC)C(O)CNc1c(F)cc([N+](=O)[O-])cc1F. The Morgan fingerprint density at radius 2 is 1.80 bits per heavy atom. The van der Waals surface area contributed by atoms with E-state index in [1.165, 1.54) is 0 Å². The van der Waals surface area contributed by atoms with Gasteiger partial charge in [0.2, 0.25) is 0 Å². The fourth-order valence-electron chi connectivity index (χ4n) is 2.04. The lowest BCUT2D eigenvalue weighted by Crippen LogP contribution is -2.28. The molecule has 0 heterocycles. The Morgan fingerprint density at radius 1 is 1.30 bits per heavy atom. The standard InChI is InChI=1S/C13H18F2N2O3/c1-3-8(4-2)12(18)7-16-13-10(14)5-9(17(19)20)6-11(13)15/h5-6,8,12,16,18H,3-4,7H2,1-2H3.